The van der Waals surface area contributed by atoms with Crippen LogP contribution in [-0.4, -0.2) is 14.5 Å². The zero-order valence-electron chi connectivity index (χ0n) is 34.9. The van der Waals surface area contributed by atoms with Crippen LogP contribution in [0, 0.1) is 0 Å². The fourth-order valence-corrected chi connectivity index (χ4v) is 9.38. The Morgan fingerprint density at radius 3 is 1.39 bits per heavy atom. The normalized spacial score (nSPS) is 11.7. The third-order valence-electron chi connectivity index (χ3n) is 12.3. The lowest BCUT2D eigenvalue weighted by molar-refractivity contribution is 1.13. The Kier molecular flexibility index (Phi) is 9.12. The first kappa shape index (κ1) is 37.2. The molecule has 0 radical (unpaired) electrons. The fraction of sp³-hybridized carbons (Fsp3) is 0. The van der Waals surface area contributed by atoms with Gasteiger partial charge in [0.2, 0.25) is 0 Å². The molecule has 1 aliphatic rings. The van der Waals surface area contributed by atoms with Crippen LogP contribution in [0.4, 0.5) is 17.1 Å². The number of fused-ring (bicyclic) bond motifs is 7. The quantitative estimate of drug-likeness (QED) is 0.161. The summed E-state index contributed by atoms with van der Waals surface area (Å²) >= 11 is 0. The molecular weight excluding hydrogens is 777 g/mol. The highest BCUT2D eigenvalue weighted by atomic mass is 15.2. The summed E-state index contributed by atoms with van der Waals surface area (Å²) < 4.78 is 2.45. The van der Waals surface area contributed by atoms with E-state index in [1.165, 1.54) is 38.8 Å². The van der Waals surface area contributed by atoms with Gasteiger partial charge in [0.05, 0.1) is 34.0 Å². The van der Waals surface area contributed by atoms with E-state index in [4.69, 9.17) is 9.97 Å². The maximum atomic E-state index is 5.14. The minimum Gasteiger partial charge on any atom is -0.309 e. The highest BCUT2D eigenvalue weighted by Gasteiger charge is 2.31. The molecule has 0 saturated carbocycles. The first-order valence-electron chi connectivity index (χ1n) is 21.7. The molecule has 9 aromatic carbocycles. The SMILES string of the molecule is c1ccc(-c2cc(-c3ccccc3)cc(N3c4ccccc4-c4c(n(-c5ccc(-c6cc(-c7ccccc7)nc(-c7ccccc7)n6)cc5)c5ccccc45)-c4ccccc43)c2)cc1. The monoisotopic (exact) mass is 816 g/mol. The van der Waals surface area contributed by atoms with Crippen molar-refractivity contribution in [2.45, 2.75) is 0 Å². The smallest absolute Gasteiger partial charge is 0.160 e. The largest absolute Gasteiger partial charge is 0.309 e. The highest BCUT2D eigenvalue weighted by Crippen LogP contribution is 2.55. The molecule has 0 saturated heterocycles. The number of hydrogen-bond acceptors (Lipinski definition) is 3. The van der Waals surface area contributed by atoms with E-state index in [0.29, 0.717) is 5.82 Å². The van der Waals surface area contributed by atoms with Gasteiger partial charge in [-0.15, -0.1) is 0 Å². The zero-order chi connectivity index (χ0) is 42.4. The van der Waals surface area contributed by atoms with Crippen LogP contribution in [0.3, 0.4) is 0 Å². The summed E-state index contributed by atoms with van der Waals surface area (Å²) in [6.07, 6.45) is 0. The first-order chi connectivity index (χ1) is 31.7. The molecular formula is C60H40N4. The van der Waals surface area contributed by atoms with Gasteiger partial charge >= 0.3 is 0 Å². The summed E-state index contributed by atoms with van der Waals surface area (Å²) in [6, 6.07) is 86.6. The number of hydrogen-bond donors (Lipinski definition) is 0. The van der Waals surface area contributed by atoms with Gasteiger partial charge in [-0.1, -0.05) is 188 Å². The van der Waals surface area contributed by atoms with Crippen LogP contribution < -0.4 is 4.90 Å². The van der Waals surface area contributed by atoms with E-state index in [1.54, 1.807) is 0 Å². The second-order valence-electron chi connectivity index (χ2n) is 16.2. The van der Waals surface area contributed by atoms with Crippen LogP contribution in [0.25, 0.3) is 95.1 Å². The minimum atomic E-state index is 0.702. The van der Waals surface area contributed by atoms with Crippen LogP contribution >= 0.6 is 0 Å². The molecule has 11 aromatic rings. The molecule has 64 heavy (non-hydrogen) atoms. The Hall–Kier alpha value is -8.60. The van der Waals surface area contributed by atoms with Gasteiger partial charge in [0.15, 0.2) is 5.82 Å². The van der Waals surface area contributed by atoms with Gasteiger partial charge in [0.25, 0.3) is 0 Å². The van der Waals surface area contributed by atoms with Crippen LogP contribution in [-0.2, 0) is 0 Å². The summed E-state index contributed by atoms with van der Waals surface area (Å²) in [4.78, 5) is 12.6. The molecule has 12 rings (SSSR count). The Labute approximate surface area is 372 Å². The number of rotatable bonds is 7. The second-order valence-corrected chi connectivity index (χ2v) is 16.2. The molecule has 300 valence electrons. The third kappa shape index (κ3) is 6.48. The Bertz CT molecular complexity index is 3350. The zero-order valence-corrected chi connectivity index (χ0v) is 34.9. The predicted octanol–water partition coefficient (Wildman–Crippen LogP) is 15.9. The number of aromatic nitrogens is 3. The molecule has 1 aliphatic heterocycles. The summed E-state index contributed by atoms with van der Waals surface area (Å²) in [5.74, 6) is 0.702. The molecule has 0 unspecified atom stereocenters. The molecule has 0 bridgehead atoms. The van der Waals surface area contributed by atoms with E-state index >= 15 is 0 Å². The van der Waals surface area contributed by atoms with Crippen molar-refractivity contribution in [1.82, 2.24) is 14.5 Å². The first-order valence-corrected chi connectivity index (χ1v) is 21.7. The van der Waals surface area contributed by atoms with Crippen molar-refractivity contribution in [1.29, 1.82) is 0 Å². The molecule has 4 heteroatoms. The lowest BCUT2D eigenvalue weighted by Crippen LogP contribution is -2.11. The van der Waals surface area contributed by atoms with Crippen molar-refractivity contribution < 1.29 is 0 Å². The van der Waals surface area contributed by atoms with E-state index in [9.17, 15) is 0 Å². The molecule has 0 spiro atoms. The van der Waals surface area contributed by atoms with Gasteiger partial charge in [-0.2, -0.15) is 0 Å². The highest BCUT2D eigenvalue weighted by molar-refractivity contribution is 6.13. The van der Waals surface area contributed by atoms with Crippen LogP contribution in [0.2, 0.25) is 0 Å². The maximum absolute atomic E-state index is 5.14. The molecule has 2 aromatic heterocycles. The summed E-state index contributed by atoms with van der Waals surface area (Å²) in [7, 11) is 0. The molecule has 0 aliphatic carbocycles. The maximum Gasteiger partial charge on any atom is 0.160 e. The molecule has 0 N–H and O–H groups in total. The van der Waals surface area contributed by atoms with Crippen molar-refractivity contribution in [3.8, 4) is 84.2 Å². The van der Waals surface area contributed by atoms with Crippen molar-refractivity contribution >= 4 is 28.0 Å². The van der Waals surface area contributed by atoms with Crippen molar-refractivity contribution in [3.63, 3.8) is 0 Å². The topological polar surface area (TPSA) is 34.0 Å². The molecule has 0 amide bonds. The summed E-state index contributed by atoms with van der Waals surface area (Å²) in [6.45, 7) is 0. The standard InChI is InChI=1S/C60H40N4/c1-5-19-41(20-6-1)46-37-47(42-21-7-2-8-22-42)39-49(38-46)63-55-30-16-13-27-50(55)58-51-28-14-17-31-56(51)64(59(58)52-29-15-18-32-57(52)63)48-35-33-44(34-36-48)54-40-53(43-23-9-3-10-24-43)61-60(62-54)45-25-11-4-12-26-45/h1-40H. The lowest BCUT2D eigenvalue weighted by Gasteiger charge is -2.28. The average molecular weight is 817 g/mol. The average Bonchev–Trinajstić information content (AvgIpc) is 3.66. The van der Waals surface area contributed by atoms with E-state index in [2.05, 4.69) is 228 Å². The van der Waals surface area contributed by atoms with E-state index in [0.717, 1.165) is 67.6 Å². The van der Waals surface area contributed by atoms with E-state index < -0.39 is 0 Å². The second kappa shape index (κ2) is 15.7. The lowest BCUT2D eigenvalue weighted by atomic mass is 9.97. The van der Waals surface area contributed by atoms with Crippen LogP contribution in [0.5, 0.6) is 0 Å². The summed E-state index contributed by atoms with van der Waals surface area (Å²) in [5, 5.41) is 1.20. The van der Waals surface area contributed by atoms with Gasteiger partial charge in [-0.05, 0) is 76.9 Å². The van der Waals surface area contributed by atoms with E-state index in [-0.39, 0.29) is 0 Å². The number of nitrogens with zero attached hydrogens (tertiary/aromatic N) is 4. The van der Waals surface area contributed by atoms with Gasteiger partial charge in [-0.3, -0.25) is 0 Å². The molecule has 0 atom stereocenters. The number of para-hydroxylation sites is 3. The van der Waals surface area contributed by atoms with Crippen LogP contribution in [0.1, 0.15) is 0 Å². The Morgan fingerprint density at radius 1 is 0.312 bits per heavy atom. The molecule has 3 heterocycles. The Morgan fingerprint density at radius 2 is 0.781 bits per heavy atom. The van der Waals surface area contributed by atoms with Crippen molar-refractivity contribution in [2.75, 3.05) is 4.90 Å². The minimum absolute atomic E-state index is 0.702. The molecule has 4 nitrogen and oxygen atoms in total. The van der Waals surface area contributed by atoms with Crippen molar-refractivity contribution in [2.24, 2.45) is 0 Å². The van der Waals surface area contributed by atoms with Gasteiger partial charge < -0.3 is 9.47 Å². The van der Waals surface area contributed by atoms with Crippen LogP contribution in [0.15, 0.2) is 243 Å². The number of benzene rings is 9. The van der Waals surface area contributed by atoms with Gasteiger partial charge in [-0.25, -0.2) is 9.97 Å². The fourth-order valence-electron chi connectivity index (χ4n) is 9.38. The Balaban J connectivity index is 1.06. The predicted molar refractivity (Wildman–Crippen MR) is 265 cm³/mol. The van der Waals surface area contributed by atoms with Crippen molar-refractivity contribution in [3.05, 3.63) is 243 Å². The molecule has 0 fully saturated rings. The van der Waals surface area contributed by atoms with Gasteiger partial charge in [0.1, 0.15) is 0 Å². The summed E-state index contributed by atoms with van der Waals surface area (Å²) in [5.41, 5.74) is 19.8. The van der Waals surface area contributed by atoms with Gasteiger partial charge in [0, 0.05) is 50.1 Å². The number of anilines is 3. The third-order valence-corrected chi connectivity index (χ3v) is 12.3. The van der Waals surface area contributed by atoms with E-state index in [1.807, 2.05) is 24.3 Å².